The Morgan fingerprint density at radius 3 is 2.22 bits per heavy atom. The van der Waals surface area contributed by atoms with E-state index in [0.29, 0.717) is 30.3 Å². The van der Waals surface area contributed by atoms with Gasteiger partial charge >= 0.3 is 0 Å². The summed E-state index contributed by atoms with van der Waals surface area (Å²) in [4.78, 5) is 14.3. The summed E-state index contributed by atoms with van der Waals surface area (Å²) in [7, 11) is -2.94. The van der Waals surface area contributed by atoms with Crippen LogP contribution in [0.3, 0.4) is 0 Å². The summed E-state index contributed by atoms with van der Waals surface area (Å²) in [6.07, 6.45) is 0. The Balaban J connectivity index is 1.55. The predicted octanol–water partition coefficient (Wildman–Crippen LogP) is 3.99. The number of nitrogens with two attached hydrogens (primary N) is 1. The minimum Gasteiger partial charge on any atom is -0.386 e. The highest BCUT2D eigenvalue weighted by molar-refractivity contribution is 7.91. The summed E-state index contributed by atoms with van der Waals surface area (Å²) in [5.74, 6) is -2.14. The van der Waals surface area contributed by atoms with Crippen LogP contribution in [0.15, 0.2) is 42.5 Å². The van der Waals surface area contributed by atoms with Crippen molar-refractivity contribution >= 4 is 37.8 Å². The molecule has 192 valence electrons. The van der Waals surface area contributed by atoms with Crippen LogP contribution in [0.2, 0.25) is 0 Å². The highest BCUT2D eigenvalue weighted by Crippen LogP contribution is 2.40. The number of amides is 1. The molecule has 2 aromatic carbocycles. The van der Waals surface area contributed by atoms with Crippen LogP contribution in [0.4, 0.5) is 19.5 Å². The number of benzene rings is 2. The number of anilines is 2. The quantitative estimate of drug-likeness (QED) is 0.422. The van der Waals surface area contributed by atoms with Crippen molar-refractivity contribution in [3.05, 3.63) is 70.8 Å². The van der Waals surface area contributed by atoms with Gasteiger partial charge in [0.05, 0.1) is 28.2 Å². The molecule has 7 nitrogen and oxygen atoms in total. The van der Waals surface area contributed by atoms with Gasteiger partial charge in [-0.15, -0.1) is 11.3 Å². The number of hydrogen-bond donors (Lipinski definition) is 3. The van der Waals surface area contributed by atoms with Crippen LogP contribution in [0, 0.1) is 11.6 Å². The average Bonchev–Trinajstić information content (AvgIpc) is 3.19. The second-order valence-electron chi connectivity index (χ2n) is 9.34. The van der Waals surface area contributed by atoms with Gasteiger partial charge in [0.25, 0.3) is 5.91 Å². The number of thiophene rings is 1. The number of hydrogen-bond acceptors (Lipinski definition) is 7. The lowest BCUT2D eigenvalue weighted by Crippen LogP contribution is -2.39. The SMILES string of the molecule is CC(C)(O)c1cc(F)c(-c2cc(C(N)=O)c(Nc3ccc(CN4CCS(=O)(=O)CC4)cc3)s2)c(F)c1. The number of carbonyl (C=O) groups is 1. The Hall–Kier alpha value is -2.86. The molecule has 0 aliphatic carbocycles. The smallest absolute Gasteiger partial charge is 0.251 e. The minimum atomic E-state index is -2.94. The molecule has 1 aliphatic heterocycles. The lowest BCUT2D eigenvalue weighted by Gasteiger charge is -2.26. The Labute approximate surface area is 212 Å². The third kappa shape index (κ3) is 5.92. The highest BCUT2D eigenvalue weighted by atomic mass is 32.2. The molecule has 2 heterocycles. The topological polar surface area (TPSA) is 113 Å². The molecule has 1 fully saturated rings. The molecule has 0 atom stereocenters. The minimum absolute atomic E-state index is 0.0950. The van der Waals surface area contributed by atoms with E-state index in [1.165, 1.54) is 19.9 Å². The molecular formula is C25H27F2N3O4S2. The molecule has 36 heavy (non-hydrogen) atoms. The molecule has 0 radical (unpaired) electrons. The van der Waals surface area contributed by atoms with Gasteiger partial charge in [0.2, 0.25) is 0 Å². The van der Waals surface area contributed by atoms with Gasteiger partial charge in [-0.05, 0) is 55.3 Å². The van der Waals surface area contributed by atoms with Crippen molar-refractivity contribution in [2.75, 3.05) is 29.9 Å². The van der Waals surface area contributed by atoms with Gasteiger partial charge < -0.3 is 16.2 Å². The summed E-state index contributed by atoms with van der Waals surface area (Å²) in [6, 6.07) is 10.9. The average molecular weight is 536 g/mol. The van der Waals surface area contributed by atoms with E-state index in [0.717, 1.165) is 29.0 Å². The Bertz CT molecular complexity index is 1360. The van der Waals surface area contributed by atoms with Gasteiger partial charge in [-0.3, -0.25) is 9.69 Å². The van der Waals surface area contributed by atoms with Gasteiger partial charge in [-0.2, -0.15) is 0 Å². The number of primary amides is 1. The first kappa shape index (κ1) is 26.2. The molecular weight excluding hydrogens is 508 g/mol. The van der Waals surface area contributed by atoms with Crippen molar-refractivity contribution in [3.63, 3.8) is 0 Å². The maximum Gasteiger partial charge on any atom is 0.251 e. The van der Waals surface area contributed by atoms with E-state index in [9.17, 15) is 27.1 Å². The zero-order valence-electron chi connectivity index (χ0n) is 19.8. The summed E-state index contributed by atoms with van der Waals surface area (Å²) in [5, 5.41) is 13.5. The summed E-state index contributed by atoms with van der Waals surface area (Å²) in [5.41, 5.74) is 5.64. The summed E-state index contributed by atoms with van der Waals surface area (Å²) in [6.45, 7) is 4.46. The molecule has 1 aromatic heterocycles. The van der Waals surface area contributed by atoms with E-state index >= 15 is 0 Å². The maximum absolute atomic E-state index is 14.9. The van der Waals surface area contributed by atoms with Gasteiger partial charge in [-0.25, -0.2) is 17.2 Å². The molecule has 1 amide bonds. The standard InChI is InChI=1S/C25H27F2N3O4S2/c1-25(2,32)16-11-19(26)22(20(27)12-16)21-13-18(23(28)31)24(35-21)29-17-5-3-15(4-6-17)14-30-7-9-36(33,34)10-8-30/h3-6,11-13,29,32H,7-10,14H2,1-2H3,(H2,28,31). The molecule has 4 rings (SSSR count). The third-order valence-electron chi connectivity index (χ3n) is 6.05. The van der Waals surface area contributed by atoms with Crippen LogP contribution in [0.5, 0.6) is 0 Å². The van der Waals surface area contributed by atoms with Crippen molar-refractivity contribution in [1.29, 1.82) is 0 Å². The molecule has 0 unspecified atom stereocenters. The van der Waals surface area contributed by atoms with Gasteiger partial charge in [0.1, 0.15) is 16.6 Å². The van der Waals surface area contributed by atoms with Crippen molar-refractivity contribution < 1.29 is 27.1 Å². The fraction of sp³-hybridized carbons (Fsp3) is 0.320. The van der Waals surface area contributed by atoms with E-state index in [-0.39, 0.29) is 33.1 Å². The molecule has 4 N–H and O–H groups in total. The van der Waals surface area contributed by atoms with Crippen molar-refractivity contribution in [1.82, 2.24) is 4.90 Å². The Kier molecular flexibility index (Phi) is 7.20. The lowest BCUT2D eigenvalue weighted by molar-refractivity contribution is 0.0778. The fourth-order valence-electron chi connectivity index (χ4n) is 3.94. The van der Waals surface area contributed by atoms with Crippen molar-refractivity contribution in [2.45, 2.75) is 26.0 Å². The van der Waals surface area contributed by atoms with E-state index < -0.39 is 33.0 Å². The van der Waals surface area contributed by atoms with Gasteiger partial charge in [0.15, 0.2) is 9.84 Å². The Morgan fingerprint density at radius 2 is 1.69 bits per heavy atom. The molecule has 0 spiro atoms. The van der Waals surface area contributed by atoms with E-state index in [4.69, 9.17) is 5.73 Å². The first-order valence-electron chi connectivity index (χ1n) is 11.3. The van der Waals surface area contributed by atoms with Crippen LogP contribution in [-0.4, -0.2) is 48.9 Å². The highest BCUT2D eigenvalue weighted by Gasteiger charge is 2.25. The number of halogens is 2. The number of nitrogens with zero attached hydrogens (tertiary/aromatic N) is 1. The van der Waals surface area contributed by atoms with E-state index in [2.05, 4.69) is 10.2 Å². The summed E-state index contributed by atoms with van der Waals surface area (Å²) < 4.78 is 52.9. The van der Waals surface area contributed by atoms with Gasteiger partial charge in [0, 0.05) is 30.2 Å². The first-order chi connectivity index (χ1) is 16.8. The van der Waals surface area contributed by atoms with Crippen LogP contribution in [-0.2, 0) is 22.0 Å². The number of carbonyl (C=O) groups excluding carboxylic acids is 1. The van der Waals surface area contributed by atoms with Crippen LogP contribution < -0.4 is 11.1 Å². The van der Waals surface area contributed by atoms with Gasteiger partial charge in [-0.1, -0.05) is 12.1 Å². The zero-order chi connectivity index (χ0) is 26.3. The summed E-state index contributed by atoms with van der Waals surface area (Å²) >= 11 is 0.990. The normalized spacial score (nSPS) is 16.1. The molecule has 0 saturated carbocycles. The van der Waals surface area contributed by atoms with Crippen LogP contribution >= 0.6 is 11.3 Å². The second kappa shape index (κ2) is 9.89. The molecule has 11 heteroatoms. The lowest BCUT2D eigenvalue weighted by atomic mass is 9.96. The van der Waals surface area contributed by atoms with E-state index in [1.54, 1.807) is 12.1 Å². The van der Waals surface area contributed by atoms with E-state index in [1.807, 2.05) is 12.1 Å². The molecule has 1 aliphatic rings. The van der Waals surface area contributed by atoms with Crippen LogP contribution in [0.1, 0.15) is 35.3 Å². The number of sulfone groups is 1. The third-order valence-corrected chi connectivity index (χ3v) is 8.72. The van der Waals surface area contributed by atoms with Crippen molar-refractivity contribution in [3.8, 4) is 10.4 Å². The molecule has 0 bridgehead atoms. The molecule has 3 aromatic rings. The van der Waals surface area contributed by atoms with Crippen molar-refractivity contribution in [2.24, 2.45) is 5.73 Å². The maximum atomic E-state index is 14.9. The fourth-order valence-corrected chi connectivity index (χ4v) is 6.35. The number of rotatable bonds is 7. The second-order valence-corrected chi connectivity index (χ2v) is 12.7. The predicted molar refractivity (Wildman–Crippen MR) is 137 cm³/mol. The number of nitrogens with one attached hydrogen (secondary N) is 1. The first-order valence-corrected chi connectivity index (χ1v) is 13.9. The monoisotopic (exact) mass is 535 g/mol. The number of aliphatic hydroxyl groups is 1. The molecule has 1 saturated heterocycles. The largest absolute Gasteiger partial charge is 0.386 e. The zero-order valence-corrected chi connectivity index (χ0v) is 21.5. The Morgan fingerprint density at radius 1 is 1.11 bits per heavy atom. The van der Waals surface area contributed by atoms with Crippen LogP contribution in [0.25, 0.3) is 10.4 Å².